The average molecular weight is 356 g/mol. The summed E-state index contributed by atoms with van der Waals surface area (Å²) in [6, 6.07) is 25.9. The predicted molar refractivity (Wildman–Crippen MR) is 109 cm³/mol. The molecular formula is C23H20N2O2. The fourth-order valence-corrected chi connectivity index (χ4v) is 3.40. The van der Waals surface area contributed by atoms with Crippen LogP contribution in [0.15, 0.2) is 78.9 Å². The summed E-state index contributed by atoms with van der Waals surface area (Å²) < 4.78 is 7.09. The van der Waals surface area contributed by atoms with Crippen molar-refractivity contribution < 1.29 is 9.53 Å². The Morgan fingerprint density at radius 1 is 0.963 bits per heavy atom. The van der Waals surface area contributed by atoms with Gasteiger partial charge < -0.3 is 15.0 Å². The minimum absolute atomic E-state index is 0.328. The van der Waals surface area contributed by atoms with Crippen LogP contribution in [0.4, 0.5) is 5.69 Å². The molecule has 4 nitrogen and oxygen atoms in total. The molecule has 0 unspecified atom stereocenters. The molecule has 0 atom stereocenters. The number of nitrogen functional groups attached to an aromatic ring is 1. The summed E-state index contributed by atoms with van der Waals surface area (Å²) in [5.74, 6) is -0.328. The van der Waals surface area contributed by atoms with Crippen molar-refractivity contribution in [2.75, 3.05) is 12.8 Å². The van der Waals surface area contributed by atoms with Gasteiger partial charge in [0.25, 0.3) is 0 Å². The fraction of sp³-hybridized carbons (Fsp3) is 0.0870. The monoisotopic (exact) mass is 356 g/mol. The number of hydrogen-bond donors (Lipinski definition) is 1. The van der Waals surface area contributed by atoms with Gasteiger partial charge in [0.15, 0.2) is 0 Å². The Labute approximate surface area is 157 Å². The van der Waals surface area contributed by atoms with Crippen LogP contribution in [0, 0.1) is 0 Å². The molecule has 0 aliphatic rings. The van der Waals surface area contributed by atoms with E-state index in [4.69, 9.17) is 10.5 Å². The number of carbonyl (C=O) groups excluding carboxylic acids is 1. The molecule has 4 heteroatoms. The highest BCUT2D eigenvalue weighted by molar-refractivity contribution is 5.90. The summed E-state index contributed by atoms with van der Waals surface area (Å²) in [4.78, 5) is 11.9. The maximum atomic E-state index is 11.9. The number of nitrogens with two attached hydrogens (primary N) is 1. The Morgan fingerprint density at radius 3 is 2.56 bits per heavy atom. The molecule has 27 heavy (non-hydrogen) atoms. The number of fused-ring (bicyclic) bond motifs is 1. The first kappa shape index (κ1) is 16.9. The van der Waals surface area contributed by atoms with Crippen LogP contribution >= 0.6 is 0 Å². The van der Waals surface area contributed by atoms with Crippen molar-refractivity contribution in [2.24, 2.45) is 0 Å². The Bertz CT molecular complexity index is 1110. The van der Waals surface area contributed by atoms with Crippen LogP contribution in [0.25, 0.3) is 22.2 Å². The van der Waals surface area contributed by atoms with Gasteiger partial charge in [0.05, 0.1) is 12.7 Å². The number of benzene rings is 3. The Hall–Kier alpha value is -3.53. The van der Waals surface area contributed by atoms with Crippen LogP contribution in [-0.4, -0.2) is 17.6 Å². The molecule has 0 amide bonds. The van der Waals surface area contributed by atoms with Crippen LogP contribution in [-0.2, 0) is 11.3 Å². The number of carbonyl (C=O) groups is 1. The van der Waals surface area contributed by atoms with Crippen LogP contribution in [0.2, 0.25) is 0 Å². The zero-order valence-corrected chi connectivity index (χ0v) is 15.1. The normalized spacial score (nSPS) is 10.9. The van der Waals surface area contributed by atoms with Gasteiger partial charge in [-0.2, -0.15) is 0 Å². The van der Waals surface area contributed by atoms with Crippen molar-refractivity contribution >= 4 is 22.6 Å². The van der Waals surface area contributed by atoms with Gasteiger partial charge in [-0.05, 0) is 47.5 Å². The summed E-state index contributed by atoms with van der Waals surface area (Å²) in [7, 11) is 1.40. The van der Waals surface area contributed by atoms with E-state index >= 15 is 0 Å². The summed E-state index contributed by atoms with van der Waals surface area (Å²) in [5, 5.41) is 1.10. The second kappa shape index (κ2) is 7.00. The Kier molecular flexibility index (Phi) is 4.38. The SMILES string of the molecule is COC(=O)c1cccc(Cn2c(-c3ccccc3)cc3cc(N)ccc32)c1. The van der Waals surface area contributed by atoms with E-state index in [9.17, 15) is 4.79 Å². The van der Waals surface area contributed by atoms with Crippen molar-refractivity contribution in [3.05, 3.63) is 90.0 Å². The first-order valence-corrected chi connectivity index (χ1v) is 8.77. The van der Waals surface area contributed by atoms with Gasteiger partial charge in [0.1, 0.15) is 0 Å². The quantitative estimate of drug-likeness (QED) is 0.425. The van der Waals surface area contributed by atoms with Crippen LogP contribution in [0.5, 0.6) is 0 Å². The molecule has 4 aromatic rings. The number of ether oxygens (including phenoxy) is 1. The molecule has 3 aromatic carbocycles. The van der Waals surface area contributed by atoms with Gasteiger partial charge in [-0.3, -0.25) is 0 Å². The van der Waals surface area contributed by atoms with E-state index in [-0.39, 0.29) is 5.97 Å². The van der Waals surface area contributed by atoms with Crippen molar-refractivity contribution in [3.8, 4) is 11.3 Å². The molecule has 0 bridgehead atoms. The zero-order valence-electron chi connectivity index (χ0n) is 15.1. The van der Waals surface area contributed by atoms with Gasteiger partial charge in [0.2, 0.25) is 0 Å². The molecule has 0 saturated heterocycles. The standard InChI is InChI=1S/C23H20N2O2/c1-27-23(26)18-9-5-6-16(12-18)15-25-21-11-10-20(24)13-19(21)14-22(25)17-7-3-2-4-8-17/h2-14H,15,24H2,1H3. The van der Waals surface area contributed by atoms with E-state index in [2.05, 4.69) is 22.8 Å². The first-order chi connectivity index (χ1) is 13.2. The van der Waals surface area contributed by atoms with Crippen molar-refractivity contribution in [3.63, 3.8) is 0 Å². The molecule has 0 fully saturated rings. The molecular weight excluding hydrogens is 336 g/mol. The van der Waals surface area contributed by atoms with Crippen LogP contribution in [0.3, 0.4) is 0 Å². The lowest BCUT2D eigenvalue weighted by atomic mass is 10.1. The van der Waals surface area contributed by atoms with Gasteiger partial charge >= 0.3 is 5.97 Å². The van der Waals surface area contributed by atoms with Crippen molar-refractivity contribution in [1.82, 2.24) is 4.57 Å². The largest absolute Gasteiger partial charge is 0.465 e. The molecule has 4 rings (SSSR count). The predicted octanol–water partition coefficient (Wildman–Crippen LogP) is 4.73. The summed E-state index contributed by atoms with van der Waals surface area (Å²) in [6.07, 6.45) is 0. The summed E-state index contributed by atoms with van der Waals surface area (Å²) in [5.41, 5.74) is 11.7. The van der Waals surface area contributed by atoms with Gasteiger partial charge in [0, 0.05) is 28.8 Å². The summed E-state index contributed by atoms with van der Waals surface area (Å²) >= 11 is 0. The van der Waals surface area contributed by atoms with E-state index in [1.165, 1.54) is 7.11 Å². The maximum absolute atomic E-state index is 11.9. The minimum atomic E-state index is -0.328. The number of hydrogen-bond acceptors (Lipinski definition) is 3. The topological polar surface area (TPSA) is 57.2 Å². The number of rotatable bonds is 4. The smallest absolute Gasteiger partial charge is 0.337 e. The van der Waals surface area contributed by atoms with Gasteiger partial charge in [-0.15, -0.1) is 0 Å². The first-order valence-electron chi connectivity index (χ1n) is 8.77. The van der Waals surface area contributed by atoms with Gasteiger partial charge in [-0.25, -0.2) is 4.79 Å². The molecule has 0 spiro atoms. The van der Waals surface area contributed by atoms with E-state index in [1.54, 1.807) is 6.07 Å². The molecule has 134 valence electrons. The highest BCUT2D eigenvalue weighted by Crippen LogP contribution is 2.30. The third-order valence-corrected chi connectivity index (χ3v) is 4.68. The van der Waals surface area contributed by atoms with Crippen LogP contribution < -0.4 is 5.73 Å². The Balaban J connectivity index is 1.84. The van der Waals surface area contributed by atoms with E-state index < -0.39 is 0 Å². The van der Waals surface area contributed by atoms with Crippen molar-refractivity contribution in [2.45, 2.75) is 6.54 Å². The molecule has 0 aliphatic carbocycles. The van der Waals surface area contributed by atoms with Gasteiger partial charge in [-0.1, -0.05) is 42.5 Å². The molecule has 0 saturated carbocycles. The highest BCUT2D eigenvalue weighted by atomic mass is 16.5. The number of anilines is 1. The second-order valence-electron chi connectivity index (χ2n) is 6.49. The number of nitrogens with zero attached hydrogens (tertiary/aromatic N) is 1. The number of methoxy groups -OCH3 is 1. The molecule has 2 N–H and O–H groups in total. The highest BCUT2D eigenvalue weighted by Gasteiger charge is 2.13. The molecule has 0 aliphatic heterocycles. The molecule has 1 aromatic heterocycles. The average Bonchev–Trinajstić information content (AvgIpc) is 3.05. The number of aromatic nitrogens is 1. The second-order valence-corrected chi connectivity index (χ2v) is 6.49. The summed E-state index contributed by atoms with van der Waals surface area (Å²) in [6.45, 7) is 0.641. The maximum Gasteiger partial charge on any atom is 0.337 e. The third-order valence-electron chi connectivity index (χ3n) is 4.68. The lowest BCUT2D eigenvalue weighted by molar-refractivity contribution is 0.0600. The lowest BCUT2D eigenvalue weighted by Crippen LogP contribution is -2.05. The molecule has 1 heterocycles. The van der Waals surface area contributed by atoms with Crippen LogP contribution in [0.1, 0.15) is 15.9 Å². The Morgan fingerprint density at radius 2 is 1.78 bits per heavy atom. The van der Waals surface area contributed by atoms with E-state index in [0.29, 0.717) is 12.1 Å². The fourth-order valence-electron chi connectivity index (χ4n) is 3.40. The lowest BCUT2D eigenvalue weighted by Gasteiger charge is -2.12. The van der Waals surface area contributed by atoms with E-state index in [1.807, 2.05) is 54.6 Å². The van der Waals surface area contributed by atoms with E-state index in [0.717, 1.165) is 33.4 Å². The third kappa shape index (κ3) is 3.29. The molecule has 0 radical (unpaired) electrons. The number of esters is 1. The minimum Gasteiger partial charge on any atom is -0.465 e. The van der Waals surface area contributed by atoms with Crippen molar-refractivity contribution in [1.29, 1.82) is 0 Å². The zero-order chi connectivity index (χ0) is 18.8.